The van der Waals surface area contributed by atoms with Crippen LogP contribution in [0.3, 0.4) is 0 Å². The number of thiazole rings is 1. The van der Waals surface area contributed by atoms with Gasteiger partial charge in [0.05, 0.1) is 10.7 Å². The van der Waals surface area contributed by atoms with Gasteiger partial charge in [-0.15, -0.1) is 11.3 Å². The molecule has 0 saturated heterocycles. The molecule has 2 aromatic carbocycles. The molecular weight excluding hydrogens is 325 g/mol. The first-order chi connectivity index (χ1) is 11.2. The summed E-state index contributed by atoms with van der Waals surface area (Å²) in [5, 5.41) is 3.30. The van der Waals surface area contributed by atoms with Crippen LogP contribution in [-0.4, -0.2) is 4.98 Å². The Morgan fingerprint density at radius 1 is 0.957 bits per heavy atom. The van der Waals surface area contributed by atoms with E-state index < -0.39 is 0 Å². The maximum Gasteiger partial charge on any atom is 0.123 e. The number of nitrogens with zero attached hydrogens (tertiary/aromatic N) is 1. The molecule has 0 amide bonds. The number of hydrogen-bond acceptors (Lipinski definition) is 3. The smallest absolute Gasteiger partial charge is 0.123 e. The standard InChI is InChI=1S/C19H18FNS2/c1-14-2-4-15(5-3-14)10-19-21-18(13-23-19)12-22-11-16-6-8-17(20)9-7-16/h2-9,13H,10-12H2,1H3. The Balaban J connectivity index is 1.51. The van der Waals surface area contributed by atoms with Gasteiger partial charge in [0.25, 0.3) is 0 Å². The highest BCUT2D eigenvalue weighted by atomic mass is 32.2. The fourth-order valence-electron chi connectivity index (χ4n) is 2.23. The van der Waals surface area contributed by atoms with Crippen molar-refractivity contribution in [2.45, 2.75) is 24.9 Å². The van der Waals surface area contributed by atoms with Crippen LogP contribution < -0.4 is 0 Å². The summed E-state index contributed by atoms with van der Waals surface area (Å²) >= 11 is 3.53. The van der Waals surface area contributed by atoms with E-state index in [9.17, 15) is 4.39 Å². The first kappa shape index (κ1) is 16.2. The zero-order valence-corrected chi connectivity index (χ0v) is 14.6. The minimum atomic E-state index is -0.181. The van der Waals surface area contributed by atoms with Crippen molar-refractivity contribution in [2.24, 2.45) is 0 Å². The van der Waals surface area contributed by atoms with Gasteiger partial charge < -0.3 is 0 Å². The number of benzene rings is 2. The van der Waals surface area contributed by atoms with Gasteiger partial charge in [0, 0.05) is 23.3 Å². The lowest BCUT2D eigenvalue weighted by Gasteiger charge is -2.00. The number of halogens is 1. The second kappa shape index (κ2) is 7.75. The van der Waals surface area contributed by atoms with E-state index in [1.54, 1.807) is 11.3 Å². The van der Waals surface area contributed by atoms with E-state index in [4.69, 9.17) is 4.98 Å². The molecule has 0 aliphatic carbocycles. The normalized spacial score (nSPS) is 10.9. The molecule has 0 atom stereocenters. The molecule has 1 heterocycles. The molecule has 1 aromatic heterocycles. The molecule has 0 radical (unpaired) electrons. The second-order valence-electron chi connectivity index (χ2n) is 5.51. The number of aromatic nitrogens is 1. The molecule has 0 bridgehead atoms. The highest BCUT2D eigenvalue weighted by molar-refractivity contribution is 7.97. The van der Waals surface area contributed by atoms with Crippen LogP contribution in [0.4, 0.5) is 4.39 Å². The number of aryl methyl sites for hydroxylation is 1. The molecule has 3 aromatic rings. The van der Waals surface area contributed by atoms with Gasteiger partial charge in [-0.25, -0.2) is 9.37 Å². The Labute approximate surface area is 144 Å². The molecule has 118 valence electrons. The number of rotatable bonds is 6. The van der Waals surface area contributed by atoms with E-state index >= 15 is 0 Å². The predicted octanol–water partition coefficient (Wildman–Crippen LogP) is 5.61. The lowest BCUT2D eigenvalue weighted by Crippen LogP contribution is -1.89. The average Bonchev–Trinajstić information content (AvgIpc) is 2.99. The van der Waals surface area contributed by atoms with Crippen LogP contribution in [0.5, 0.6) is 0 Å². The summed E-state index contributed by atoms with van der Waals surface area (Å²) in [5.41, 5.74) is 4.86. The Hall–Kier alpha value is -1.65. The fraction of sp³-hybridized carbons (Fsp3) is 0.211. The molecule has 0 aliphatic heterocycles. The van der Waals surface area contributed by atoms with E-state index in [0.29, 0.717) is 0 Å². The van der Waals surface area contributed by atoms with Crippen LogP contribution in [-0.2, 0) is 17.9 Å². The Morgan fingerprint density at radius 3 is 2.39 bits per heavy atom. The van der Waals surface area contributed by atoms with Crippen molar-refractivity contribution < 1.29 is 4.39 Å². The number of hydrogen-bond donors (Lipinski definition) is 0. The Kier molecular flexibility index (Phi) is 5.47. The summed E-state index contributed by atoms with van der Waals surface area (Å²) in [7, 11) is 0. The molecule has 1 nitrogen and oxygen atoms in total. The number of thioether (sulfide) groups is 1. The van der Waals surface area contributed by atoms with Crippen molar-refractivity contribution in [3.8, 4) is 0 Å². The zero-order chi connectivity index (χ0) is 16.1. The minimum Gasteiger partial charge on any atom is -0.245 e. The first-order valence-electron chi connectivity index (χ1n) is 7.50. The molecule has 0 N–H and O–H groups in total. The lowest BCUT2D eigenvalue weighted by molar-refractivity contribution is 0.627. The minimum absolute atomic E-state index is 0.181. The van der Waals surface area contributed by atoms with E-state index in [-0.39, 0.29) is 5.82 Å². The van der Waals surface area contributed by atoms with Gasteiger partial charge >= 0.3 is 0 Å². The van der Waals surface area contributed by atoms with Crippen LogP contribution in [0.1, 0.15) is 27.4 Å². The highest BCUT2D eigenvalue weighted by Crippen LogP contribution is 2.21. The van der Waals surface area contributed by atoms with Gasteiger partial charge in [-0.2, -0.15) is 11.8 Å². The fourth-order valence-corrected chi connectivity index (χ4v) is 4.05. The van der Waals surface area contributed by atoms with Crippen molar-refractivity contribution in [3.63, 3.8) is 0 Å². The van der Waals surface area contributed by atoms with Crippen LogP contribution in [0.25, 0.3) is 0 Å². The van der Waals surface area contributed by atoms with Gasteiger partial charge in [0.15, 0.2) is 0 Å². The summed E-state index contributed by atoms with van der Waals surface area (Å²) in [6.07, 6.45) is 0.896. The van der Waals surface area contributed by atoms with Crippen molar-refractivity contribution >= 4 is 23.1 Å². The quantitative estimate of drug-likeness (QED) is 0.576. The summed E-state index contributed by atoms with van der Waals surface area (Å²) in [5.74, 6) is 1.59. The second-order valence-corrected chi connectivity index (χ2v) is 7.44. The summed E-state index contributed by atoms with van der Waals surface area (Å²) in [6, 6.07) is 15.3. The van der Waals surface area contributed by atoms with E-state index in [2.05, 4.69) is 36.6 Å². The third-order valence-corrected chi connectivity index (χ3v) is 5.44. The van der Waals surface area contributed by atoms with E-state index in [1.807, 2.05) is 23.9 Å². The third kappa shape index (κ3) is 4.91. The molecule has 3 rings (SSSR count). The van der Waals surface area contributed by atoms with Crippen molar-refractivity contribution in [2.75, 3.05) is 0 Å². The van der Waals surface area contributed by atoms with Gasteiger partial charge in [0.2, 0.25) is 0 Å². The molecule has 4 heteroatoms. The Morgan fingerprint density at radius 2 is 1.65 bits per heavy atom. The zero-order valence-electron chi connectivity index (χ0n) is 13.0. The molecule has 0 saturated carbocycles. The summed E-state index contributed by atoms with van der Waals surface area (Å²) in [6.45, 7) is 2.10. The Bertz CT molecular complexity index is 748. The maximum atomic E-state index is 12.9. The molecule has 0 fully saturated rings. The van der Waals surface area contributed by atoms with Crippen LogP contribution >= 0.6 is 23.1 Å². The van der Waals surface area contributed by atoms with Gasteiger partial charge in [-0.1, -0.05) is 42.0 Å². The van der Waals surface area contributed by atoms with Crippen molar-refractivity contribution in [1.29, 1.82) is 0 Å². The first-order valence-corrected chi connectivity index (χ1v) is 9.53. The van der Waals surface area contributed by atoms with Crippen molar-refractivity contribution in [1.82, 2.24) is 4.98 Å². The molecular formula is C19H18FNS2. The molecule has 0 spiro atoms. The maximum absolute atomic E-state index is 12.9. The average molecular weight is 343 g/mol. The van der Waals surface area contributed by atoms with E-state index in [0.717, 1.165) is 34.2 Å². The molecule has 0 unspecified atom stereocenters. The van der Waals surface area contributed by atoms with E-state index in [1.165, 1.54) is 23.3 Å². The summed E-state index contributed by atoms with van der Waals surface area (Å²) in [4.78, 5) is 4.71. The summed E-state index contributed by atoms with van der Waals surface area (Å²) < 4.78 is 12.9. The molecule has 23 heavy (non-hydrogen) atoms. The largest absolute Gasteiger partial charge is 0.245 e. The van der Waals surface area contributed by atoms with Gasteiger partial charge in [-0.3, -0.25) is 0 Å². The topological polar surface area (TPSA) is 12.9 Å². The van der Waals surface area contributed by atoms with Gasteiger partial charge in [-0.05, 0) is 30.2 Å². The third-order valence-electron chi connectivity index (χ3n) is 3.51. The van der Waals surface area contributed by atoms with Crippen LogP contribution in [0.2, 0.25) is 0 Å². The molecule has 0 aliphatic rings. The SMILES string of the molecule is Cc1ccc(Cc2nc(CSCc3ccc(F)cc3)cs2)cc1. The van der Waals surface area contributed by atoms with Gasteiger partial charge in [0.1, 0.15) is 5.82 Å². The predicted molar refractivity (Wildman–Crippen MR) is 97.5 cm³/mol. The van der Waals surface area contributed by atoms with Crippen molar-refractivity contribution in [3.05, 3.63) is 87.1 Å². The highest BCUT2D eigenvalue weighted by Gasteiger charge is 2.04. The monoisotopic (exact) mass is 343 g/mol. The van der Waals surface area contributed by atoms with Crippen LogP contribution in [0, 0.1) is 12.7 Å². The lowest BCUT2D eigenvalue weighted by atomic mass is 10.1. The van der Waals surface area contributed by atoms with Crippen LogP contribution in [0.15, 0.2) is 53.9 Å².